The number of nitrogens with one attached hydrogen (secondary N) is 3. The van der Waals surface area contributed by atoms with Gasteiger partial charge in [0, 0.05) is 26.1 Å². The second kappa shape index (κ2) is 19.8. The molecule has 6 atom stereocenters. The van der Waals surface area contributed by atoms with Gasteiger partial charge in [-0.05, 0) is 62.3 Å². The Kier molecular flexibility index (Phi) is 15.8. The summed E-state index contributed by atoms with van der Waals surface area (Å²) >= 11 is 0. The zero-order valence-corrected chi connectivity index (χ0v) is 30.8. The van der Waals surface area contributed by atoms with Crippen LogP contribution in [-0.2, 0) is 35.2 Å². The van der Waals surface area contributed by atoms with Crippen LogP contribution < -0.4 is 33.2 Å². The largest absolute Gasteiger partial charge is 0.480 e. The van der Waals surface area contributed by atoms with E-state index in [0.29, 0.717) is 38.6 Å². The number of carbonyl (C=O) groups is 6. The molecule has 0 saturated carbocycles. The third kappa shape index (κ3) is 11.9. The minimum atomic E-state index is -1.19. The second-order valence-corrected chi connectivity index (χ2v) is 14.4. The maximum absolute atomic E-state index is 14.3. The molecule has 2 aliphatic rings. The molecule has 288 valence electrons. The predicted molar refractivity (Wildman–Crippen MR) is 195 cm³/mol. The number of carboxylic acids is 1. The van der Waals surface area contributed by atoms with Crippen molar-refractivity contribution in [1.82, 2.24) is 25.8 Å². The number of hydrogen-bond acceptors (Lipinski definition) is 8. The van der Waals surface area contributed by atoms with Gasteiger partial charge in [0.1, 0.15) is 30.2 Å². The molecule has 2 aliphatic heterocycles. The Labute approximate surface area is 305 Å². The molecule has 1 aromatic carbocycles. The average Bonchev–Trinajstić information content (AvgIpc) is 3.79. The lowest BCUT2D eigenvalue weighted by atomic mass is 10.0. The molecule has 3 rings (SSSR count). The molecule has 52 heavy (non-hydrogen) atoms. The van der Waals surface area contributed by atoms with E-state index in [1.807, 2.05) is 58.0 Å². The molecular formula is C36H57N9O7. The van der Waals surface area contributed by atoms with Gasteiger partial charge in [-0.1, -0.05) is 58.0 Å². The minimum absolute atomic E-state index is 0.0199. The maximum Gasteiger partial charge on any atom is 0.326 e. The molecule has 0 unspecified atom stereocenters. The first-order valence-corrected chi connectivity index (χ1v) is 18.2. The molecule has 16 heteroatoms. The van der Waals surface area contributed by atoms with Crippen LogP contribution in [0.2, 0.25) is 0 Å². The van der Waals surface area contributed by atoms with E-state index < -0.39 is 65.8 Å². The van der Waals surface area contributed by atoms with Gasteiger partial charge in [-0.25, -0.2) is 4.79 Å². The van der Waals surface area contributed by atoms with E-state index in [1.54, 1.807) is 0 Å². The highest BCUT2D eigenvalue weighted by molar-refractivity contribution is 5.97. The smallest absolute Gasteiger partial charge is 0.326 e. The Morgan fingerprint density at radius 2 is 1.38 bits per heavy atom. The van der Waals surface area contributed by atoms with Crippen LogP contribution in [0.4, 0.5) is 0 Å². The Hall–Kier alpha value is -4.73. The van der Waals surface area contributed by atoms with Crippen molar-refractivity contribution in [2.45, 2.75) is 115 Å². The molecule has 2 heterocycles. The summed E-state index contributed by atoms with van der Waals surface area (Å²) in [6.45, 7) is 8.15. The number of nitrogens with zero attached hydrogens (tertiary/aromatic N) is 3. The third-order valence-corrected chi connectivity index (χ3v) is 9.48. The molecule has 10 N–H and O–H groups in total. The van der Waals surface area contributed by atoms with Crippen LogP contribution in [0, 0.1) is 11.8 Å². The zero-order valence-electron chi connectivity index (χ0n) is 30.8. The number of amides is 5. The molecule has 16 nitrogen and oxygen atoms in total. The van der Waals surface area contributed by atoms with Crippen molar-refractivity contribution >= 4 is 41.5 Å². The summed E-state index contributed by atoms with van der Waals surface area (Å²) in [5.41, 5.74) is 17.8. The lowest BCUT2D eigenvalue weighted by Gasteiger charge is -2.32. The normalized spacial score (nSPS) is 19.4. The number of aliphatic imine (C=N–C) groups is 1. The van der Waals surface area contributed by atoms with Crippen LogP contribution in [0.1, 0.15) is 78.2 Å². The molecule has 0 aromatic heterocycles. The summed E-state index contributed by atoms with van der Waals surface area (Å²) in [5.74, 6) is -3.97. The quantitative estimate of drug-likeness (QED) is 0.0597. The molecule has 0 radical (unpaired) electrons. The number of carbonyl (C=O) groups excluding carboxylic acids is 5. The van der Waals surface area contributed by atoms with Gasteiger partial charge < -0.3 is 48.1 Å². The first kappa shape index (κ1) is 41.7. The SMILES string of the molecule is CC(C)C[C@H](NC(=O)[C@H](CCCN=C(N)N)NC(=O)[C@@H]1CCCN1C(=O)[C@H](Cc1ccccc1)NC(=O)[C@@H]1CCCN1C(=O)[C@@H](N)C(C)C)C(=O)O. The summed E-state index contributed by atoms with van der Waals surface area (Å²) in [6.07, 6.45) is 2.60. The highest BCUT2D eigenvalue weighted by Crippen LogP contribution is 2.23. The fourth-order valence-electron chi connectivity index (χ4n) is 6.61. The number of likely N-dealkylation sites (tertiary alicyclic amines) is 2. The van der Waals surface area contributed by atoms with Crippen LogP contribution in [-0.4, -0.2) is 112 Å². The van der Waals surface area contributed by atoms with Crippen LogP contribution in [0.15, 0.2) is 35.3 Å². The molecule has 0 aliphatic carbocycles. The van der Waals surface area contributed by atoms with Crippen molar-refractivity contribution < 1.29 is 33.9 Å². The van der Waals surface area contributed by atoms with Crippen LogP contribution in [0.3, 0.4) is 0 Å². The molecule has 0 spiro atoms. The van der Waals surface area contributed by atoms with Gasteiger partial charge in [-0.2, -0.15) is 0 Å². The summed E-state index contributed by atoms with van der Waals surface area (Å²) in [5, 5.41) is 17.9. The fraction of sp³-hybridized carbons (Fsp3) is 0.639. The zero-order chi connectivity index (χ0) is 38.5. The lowest BCUT2D eigenvalue weighted by Crippen LogP contribution is -2.59. The summed E-state index contributed by atoms with van der Waals surface area (Å²) < 4.78 is 0. The number of aliphatic carboxylic acids is 1. The van der Waals surface area contributed by atoms with Crippen molar-refractivity contribution in [3.8, 4) is 0 Å². The lowest BCUT2D eigenvalue weighted by molar-refractivity contribution is -0.144. The number of guanidine groups is 1. The predicted octanol–water partition coefficient (Wildman–Crippen LogP) is -0.167. The molecule has 5 amide bonds. The van der Waals surface area contributed by atoms with Crippen LogP contribution in [0.25, 0.3) is 0 Å². The number of nitrogens with two attached hydrogens (primary N) is 3. The van der Waals surface area contributed by atoms with E-state index in [4.69, 9.17) is 17.2 Å². The van der Waals surface area contributed by atoms with Gasteiger partial charge >= 0.3 is 5.97 Å². The van der Waals surface area contributed by atoms with Gasteiger partial charge in [0.05, 0.1) is 6.04 Å². The Bertz CT molecular complexity index is 1430. The molecule has 1 aromatic rings. The van der Waals surface area contributed by atoms with E-state index in [2.05, 4.69) is 20.9 Å². The molecule has 0 bridgehead atoms. The van der Waals surface area contributed by atoms with E-state index in [1.165, 1.54) is 9.80 Å². The fourth-order valence-corrected chi connectivity index (χ4v) is 6.61. The van der Waals surface area contributed by atoms with Gasteiger partial charge in [-0.3, -0.25) is 29.0 Å². The van der Waals surface area contributed by atoms with E-state index in [9.17, 15) is 33.9 Å². The first-order valence-electron chi connectivity index (χ1n) is 18.2. The average molecular weight is 728 g/mol. The van der Waals surface area contributed by atoms with Crippen molar-refractivity contribution in [2.24, 2.45) is 34.0 Å². The Morgan fingerprint density at radius 3 is 1.90 bits per heavy atom. The van der Waals surface area contributed by atoms with E-state index in [0.717, 1.165) is 5.56 Å². The second-order valence-electron chi connectivity index (χ2n) is 14.4. The van der Waals surface area contributed by atoms with E-state index >= 15 is 0 Å². The molecule has 2 fully saturated rings. The maximum atomic E-state index is 14.3. The van der Waals surface area contributed by atoms with Crippen molar-refractivity contribution in [3.05, 3.63) is 35.9 Å². The summed E-state index contributed by atoms with van der Waals surface area (Å²) in [7, 11) is 0. The van der Waals surface area contributed by atoms with Crippen molar-refractivity contribution in [2.75, 3.05) is 19.6 Å². The highest BCUT2D eigenvalue weighted by atomic mass is 16.4. The van der Waals surface area contributed by atoms with Crippen LogP contribution in [0.5, 0.6) is 0 Å². The highest BCUT2D eigenvalue weighted by Gasteiger charge is 2.42. The van der Waals surface area contributed by atoms with Gasteiger partial charge in [-0.15, -0.1) is 0 Å². The molecule has 2 saturated heterocycles. The number of rotatable bonds is 18. The van der Waals surface area contributed by atoms with Gasteiger partial charge in [0.2, 0.25) is 29.5 Å². The minimum Gasteiger partial charge on any atom is -0.480 e. The van der Waals surface area contributed by atoms with Crippen molar-refractivity contribution in [3.63, 3.8) is 0 Å². The van der Waals surface area contributed by atoms with Crippen molar-refractivity contribution in [1.29, 1.82) is 0 Å². The Morgan fingerprint density at radius 1 is 0.827 bits per heavy atom. The number of benzene rings is 1. The summed E-state index contributed by atoms with van der Waals surface area (Å²) in [6, 6.07) is 3.32. The third-order valence-electron chi connectivity index (χ3n) is 9.48. The van der Waals surface area contributed by atoms with E-state index in [-0.39, 0.29) is 56.1 Å². The van der Waals surface area contributed by atoms with Gasteiger partial charge in [0.25, 0.3) is 0 Å². The summed E-state index contributed by atoms with van der Waals surface area (Å²) in [4.78, 5) is 87.2. The standard InChI is InChI=1S/C36H57N9O7/c1-21(2)19-26(35(51)52)43-30(46)24(13-8-16-40-36(38)39)41-31(47)27-14-9-17-44(27)33(49)25(20-23-11-6-5-7-12-23)42-32(48)28-15-10-18-45(28)34(50)29(37)22(3)4/h5-7,11-12,21-22,24-29H,8-10,13-20,37H2,1-4H3,(H,41,47)(H,42,48)(H,43,46)(H,51,52)(H4,38,39,40)/t24-,25-,26-,27-,28-,29-/m0/s1. The Balaban J connectivity index is 1.82. The number of carboxylic acid groups (broad SMARTS) is 1. The number of hydrogen-bond donors (Lipinski definition) is 7. The van der Waals surface area contributed by atoms with Gasteiger partial charge in [0.15, 0.2) is 5.96 Å². The monoisotopic (exact) mass is 727 g/mol. The van der Waals surface area contributed by atoms with Crippen LogP contribution >= 0.6 is 0 Å². The topological polar surface area (TPSA) is 256 Å². The molecular weight excluding hydrogens is 670 g/mol. The first-order chi connectivity index (χ1) is 24.6.